The summed E-state index contributed by atoms with van der Waals surface area (Å²) in [5.41, 5.74) is 6.04. The van der Waals surface area contributed by atoms with Crippen molar-refractivity contribution in [2.45, 2.75) is 6.10 Å². The summed E-state index contributed by atoms with van der Waals surface area (Å²) in [6.07, 6.45) is -0.266. The highest BCUT2D eigenvalue weighted by molar-refractivity contribution is 6.42. The van der Waals surface area contributed by atoms with Crippen LogP contribution in [0.25, 0.3) is 0 Å². The fraction of sp³-hybridized carbons (Fsp3) is 0.429. The minimum atomic E-state index is -0.359. The quantitative estimate of drug-likeness (QED) is 0.824. The average Bonchev–Trinajstić information content (AvgIpc) is 2.54. The van der Waals surface area contributed by atoms with E-state index in [9.17, 15) is 9.59 Å². The monoisotopic (exact) mass is 381 g/mol. The Morgan fingerprint density at radius 3 is 2.74 bits per heavy atom. The largest absolute Gasteiger partial charge is 0.370 e. The summed E-state index contributed by atoms with van der Waals surface area (Å²) in [5, 5.41) is 3.38. The number of ether oxygens (including phenoxy) is 1. The number of carbonyl (C=O) groups is 2. The average molecular weight is 383 g/mol. The Balaban J connectivity index is 0.00000264. The van der Waals surface area contributed by atoms with Crippen LogP contribution in [0.4, 0.5) is 0 Å². The van der Waals surface area contributed by atoms with Crippen molar-refractivity contribution in [3.8, 4) is 0 Å². The number of nitrogens with one attached hydrogen (secondary N) is 1. The minimum absolute atomic E-state index is 0. The predicted molar refractivity (Wildman–Crippen MR) is 91.0 cm³/mol. The molecule has 0 aliphatic carbocycles. The molecular formula is C14H18Cl3N3O3. The molecule has 128 valence electrons. The topological polar surface area (TPSA) is 84.7 Å². The van der Waals surface area contributed by atoms with Crippen LogP contribution in [-0.2, 0) is 14.3 Å². The zero-order valence-corrected chi connectivity index (χ0v) is 14.6. The van der Waals surface area contributed by atoms with Crippen LogP contribution in [-0.4, -0.2) is 49.5 Å². The normalized spacial score (nSPS) is 17.3. The van der Waals surface area contributed by atoms with Gasteiger partial charge in [-0.3, -0.25) is 9.59 Å². The molecule has 0 spiro atoms. The Hall–Kier alpha value is -1.05. The highest BCUT2D eigenvalue weighted by Gasteiger charge is 2.25. The van der Waals surface area contributed by atoms with Crippen LogP contribution in [0.1, 0.15) is 11.7 Å². The molecule has 1 fully saturated rings. The highest BCUT2D eigenvalue weighted by Crippen LogP contribution is 2.28. The first-order chi connectivity index (χ1) is 10.5. The van der Waals surface area contributed by atoms with Crippen LogP contribution in [0, 0.1) is 0 Å². The Morgan fingerprint density at radius 1 is 1.35 bits per heavy atom. The molecule has 6 nitrogen and oxygen atoms in total. The standard InChI is InChI=1S/C14H17Cl2N3O3.ClH/c15-10-2-1-9(5-11(10)16)12-8-19(3-4-22-12)14(21)7-18-13(20)6-17;/h1-2,5,12H,3-4,6-8,17H2,(H,18,20);1H. The van der Waals surface area contributed by atoms with Crippen LogP contribution in [0.2, 0.25) is 10.0 Å². The maximum Gasteiger partial charge on any atom is 0.242 e. The van der Waals surface area contributed by atoms with Gasteiger partial charge >= 0.3 is 0 Å². The molecule has 1 aliphatic rings. The van der Waals surface area contributed by atoms with Crippen LogP contribution in [0.3, 0.4) is 0 Å². The molecule has 0 bridgehead atoms. The Kier molecular flexibility index (Phi) is 8.08. The second kappa shape index (κ2) is 9.30. The van der Waals surface area contributed by atoms with Crippen LogP contribution < -0.4 is 11.1 Å². The van der Waals surface area contributed by atoms with E-state index in [-0.39, 0.29) is 43.4 Å². The molecule has 3 N–H and O–H groups in total. The minimum Gasteiger partial charge on any atom is -0.370 e. The van der Waals surface area contributed by atoms with Crippen molar-refractivity contribution in [2.75, 3.05) is 32.8 Å². The van der Waals surface area contributed by atoms with Crippen molar-refractivity contribution in [1.29, 1.82) is 0 Å². The number of amides is 2. The lowest BCUT2D eigenvalue weighted by Crippen LogP contribution is -2.47. The highest BCUT2D eigenvalue weighted by atomic mass is 35.5. The van der Waals surface area contributed by atoms with Crippen molar-refractivity contribution in [2.24, 2.45) is 5.73 Å². The molecule has 1 heterocycles. The molecule has 0 saturated carbocycles. The van der Waals surface area contributed by atoms with Gasteiger partial charge < -0.3 is 20.7 Å². The zero-order valence-electron chi connectivity index (χ0n) is 12.3. The summed E-state index contributed by atoms with van der Waals surface area (Å²) < 4.78 is 5.68. The maximum atomic E-state index is 12.1. The second-order valence-electron chi connectivity index (χ2n) is 4.85. The lowest BCUT2D eigenvalue weighted by molar-refractivity contribution is -0.139. The first kappa shape index (κ1) is 20.0. The molecule has 23 heavy (non-hydrogen) atoms. The van der Waals surface area contributed by atoms with E-state index in [1.54, 1.807) is 17.0 Å². The van der Waals surface area contributed by atoms with Gasteiger partial charge in [0.1, 0.15) is 6.10 Å². The number of hydrogen-bond donors (Lipinski definition) is 2. The summed E-state index contributed by atoms with van der Waals surface area (Å²) >= 11 is 11.9. The smallest absolute Gasteiger partial charge is 0.242 e. The van der Waals surface area contributed by atoms with Crippen LogP contribution >= 0.6 is 35.6 Å². The van der Waals surface area contributed by atoms with E-state index in [0.717, 1.165) is 5.56 Å². The summed E-state index contributed by atoms with van der Waals surface area (Å²) in [5.74, 6) is -0.530. The van der Waals surface area contributed by atoms with Crippen molar-refractivity contribution in [3.05, 3.63) is 33.8 Å². The lowest BCUT2D eigenvalue weighted by Gasteiger charge is -2.33. The number of hydrogen-bond acceptors (Lipinski definition) is 4. The molecule has 1 aromatic carbocycles. The Labute approximate surface area is 150 Å². The van der Waals surface area contributed by atoms with Gasteiger partial charge in [0.2, 0.25) is 11.8 Å². The maximum absolute atomic E-state index is 12.1. The molecule has 9 heteroatoms. The van der Waals surface area contributed by atoms with E-state index >= 15 is 0 Å². The zero-order chi connectivity index (χ0) is 16.1. The predicted octanol–water partition coefficient (Wildman–Crippen LogP) is 1.39. The summed E-state index contributed by atoms with van der Waals surface area (Å²) in [6.45, 7) is 1.10. The molecule has 2 rings (SSSR count). The first-order valence-electron chi connectivity index (χ1n) is 6.82. The van der Waals surface area contributed by atoms with Crippen molar-refractivity contribution in [3.63, 3.8) is 0 Å². The van der Waals surface area contributed by atoms with Crippen molar-refractivity contribution in [1.82, 2.24) is 10.2 Å². The van der Waals surface area contributed by atoms with Gasteiger partial charge in [0.15, 0.2) is 0 Å². The number of rotatable bonds is 4. The first-order valence-corrected chi connectivity index (χ1v) is 7.58. The summed E-state index contributed by atoms with van der Waals surface area (Å²) in [4.78, 5) is 24.8. The van der Waals surface area contributed by atoms with Crippen LogP contribution in [0.15, 0.2) is 18.2 Å². The van der Waals surface area contributed by atoms with E-state index in [2.05, 4.69) is 5.32 Å². The second-order valence-corrected chi connectivity index (χ2v) is 5.67. The third-order valence-corrected chi connectivity index (χ3v) is 4.10. The van der Waals surface area contributed by atoms with Gasteiger partial charge in [-0.1, -0.05) is 29.3 Å². The van der Waals surface area contributed by atoms with Gasteiger partial charge in [-0.15, -0.1) is 12.4 Å². The van der Waals surface area contributed by atoms with Crippen molar-refractivity contribution >= 4 is 47.4 Å². The molecule has 0 aromatic heterocycles. The number of carbonyl (C=O) groups excluding carboxylic acids is 2. The van der Waals surface area contributed by atoms with E-state index in [0.29, 0.717) is 29.7 Å². The number of morpholine rings is 1. The van der Waals surface area contributed by atoms with E-state index < -0.39 is 0 Å². The SMILES string of the molecule is Cl.NCC(=O)NCC(=O)N1CCOC(c2ccc(Cl)c(Cl)c2)C1. The molecular weight excluding hydrogens is 365 g/mol. The van der Waals surface area contributed by atoms with Crippen LogP contribution in [0.5, 0.6) is 0 Å². The summed E-state index contributed by atoms with van der Waals surface area (Å²) in [7, 11) is 0. The molecule has 0 radical (unpaired) electrons. The fourth-order valence-corrected chi connectivity index (χ4v) is 2.45. The van der Waals surface area contributed by atoms with Gasteiger partial charge in [0.25, 0.3) is 0 Å². The van der Waals surface area contributed by atoms with E-state index in [4.69, 9.17) is 33.7 Å². The number of halogens is 3. The molecule has 1 aliphatic heterocycles. The number of benzene rings is 1. The van der Waals surface area contributed by atoms with Gasteiger partial charge in [-0.2, -0.15) is 0 Å². The third kappa shape index (κ3) is 5.51. The molecule has 1 aromatic rings. The van der Waals surface area contributed by atoms with Gasteiger partial charge in [-0.25, -0.2) is 0 Å². The number of nitrogens with zero attached hydrogens (tertiary/aromatic N) is 1. The molecule has 1 atom stereocenters. The van der Waals surface area contributed by atoms with E-state index in [1.165, 1.54) is 0 Å². The van der Waals surface area contributed by atoms with Crippen molar-refractivity contribution < 1.29 is 14.3 Å². The fourth-order valence-electron chi connectivity index (χ4n) is 2.15. The van der Waals surface area contributed by atoms with Gasteiger partial charge in [0, 0.05) is 6.54 Å². The Morgan fingerprint density at radius 2 is 2.09 bits per heavy atom. The molecule has 1 unspecified atom stereocenters. The van der Waals surface area contributed by atoms with E-state index in [1.807, 2.05) is 6.07 Å². The molecule has 1 saturated heterocycles. The summed E-state index contributed by atoms with van der Waals surface area (Å²) in [6, 6.07) is 5.26. The Bertz CT molecular complexity index is 571. The lowest BCUT2D eigenvalue weighted by atomic mass is 10.1. The third-order valence-electron chi connectivity index (χ3n) is 3.36. The number of nitrogens with two attached hydrogens (primary N) is 1. The van der Waals surface area contributed by atoms with Gasteiger partial charge in [0.05, 0.1) is 36.3 Å². The van der Waals surface area contributed by atoms with Gasteiger partial charge in [-0.05, 0) is 17.7 Å². The molecule has 2 amide bonds.